The van der Waals surface area contributed by atoms with Crippen LogP contribution in [0.15, 0.2) is 51.9 Å². The maximum atomic E-state index is 13.3. The molecular formula is C18H12F5N3O3S. The van der Waals surface area contributed by atoms with Crippen LogP contribution >= 0.6 is 0 Å². The van der Waals surface area contributed by atoms with Gasteiger partial charge in [-0.3, -0.25) is 0 Å². The molecule has 4 rings (SSSR count). The summed E-state index contributed by atoms with van der Waals surface area (Å²) in [4.78, 5) is 3.54. The van der Waals surface area contributed by atoms with Gasteiger partial charge in [0.25, 0.3) is 0 Å². The van der Waals surface area contributed by atoms with Gasteiger partial charge in [0.05, 0.1) is 16.4 Å². The van der Waals surface area contributed by atoms with Crippen molar-refractivity contribution in [3.05, 3.63) is 65.6 Å². The van der Waals surface area contributed by atoms with Crippen molar-refractivity contribution in [3.63, 3.8) is 0 Å². The Balaban J connectivity index is 1.49. The molecule has 0 aliphatic carbocycles. The van der Waals surface area contributed by atoms with Gasteiger partial charge in [0.15, 0.2) is 0 Å². The third kappa shape index (κ3) is 3.79. The van der Waals surface area contributed by atoms with Crippen LogP contribution in [-0.4, -0.2) is 36.0 Å². The second kappa shape index (κ2) is 7.13. The highest BCUT2D eigenvalue weighted by molar-refractivity contribution is 7.89. The fraction of sp³-hybridized carbons (Fsp3) is 0.222. The minimum atomic E-state index is -4.53. The Hall–Kier alpha value is -2.86. The van der Waals surface area contributed by atoms with E-state index in [0.717, 1.165) is 16.4 Å². The molecule has 2 heterocycles. The first-order valence-electron chi connectivity index (χ1n) is 8.51. The van der Waals surface area contributed by atoms with Crippen LogP contribution in [0.1, 0.15) is 17.4 Å². The quantitative estimate of drug-likeness (QED) is 0.571. The number of rotatable bonds is 4. The van der Waals surface area contributed by atoms with E-state index >= 15 is 0 Å². The summed E-state index contributed by atoms with van der Waals surface area (Å²) in [6.45, 7) is -0.157. The molecule has 1 fully saturated rings. The first-order chi connectivity index (χ1) is 14.0. The van der Waals surface area contributed by atoms with Gasteiger partial charge < -0.3 is 4.52 Å². The SMILES string of the molecule is O=S(=O)(c1cc(F)cc(F)c1)N1CC(c2nc(-c3cccc(C(F)(F)F)c3)no2)C1. The summed E-state index contributed by atoms with van der Waals surface area (Å²) >= 11 is 0. The Morgan fingerprint density at radius 3 is 2.33 bits per heavy atom. The standard InChI is InChI=1S/C18H12F5N3O3S/c19-13-5-14(20)7-15(6-13)30(27,28)26-8-11(9-26)17-24-16(25-29-17)10-2-1-3-12(4-10)18(21,22)23/h1-7,11H,8-9H2. The average molecular weight is 445 g/mol. The van der Waals surface area contributed by atoms with Gasteiger partial charge in [0, 0.05) is 24.7 Å². The van der Waals surface area contributed by atoms with Crippen LogP contribution < -0.4 is 0 Å². The highest BCUT2D eigenvalue weighted by Gasteiger charge is 2.41. The summed E-state index contributed by atoms with van der Waals surface area (Å²) in [5.74, 6) is -2.55. The molecule has 30 heavy (non-hydrogen) atoms. The second-order valence-corrected chi connectivity index (χ2v) is 8.60. The van der Waals surface area contributed by atoms with E-state index in [1.807, 2.05) is 0 Å². The van der Waals surface area contributed by atoms with Crippen LogP contribution in [0.4, 0.5) is 22.0 Å². The Bertz CT molecular complexity index is 1180. The molecule has 0 atom stereocenters. The molecular weight excluding hydrogens is 433 g/mol. The molecule has 0 unspecified atom stereocenters. The number of hydrogen-bond acceptors (Lipinski definition) is 5. The minimum absolute atomic E-state index is 0.0549. The maximum Gasteiger partial charge on any atom is 0.416 e. The molecule has 3 aromatic rings. The number of aromatic nitrogens is 2. The first-order valence-corrected chi connectivity index (χ1v) is 9.95. The molecule has 158 valence electrons. The van der Waals surface area contributed by atoms with Crippen LogP contribution in [0.25, 0.3) is 11.4 Å². The lowest BCUT2D eigenvalue weighted by molar-refractivity contribution is -0.137. The second-order valence-electron chi connectivity index (χ2n) is 6.66. The van der Waals surface area contributed by atoms with E-state index in [4.69, 9.17) is 4.52 Å². The number of hydrogen-bond donors (Lipinski definition) is 0. The van der Waals surface area contributed by atoms with Gasteiger partial charge in [-0.2, -0.15) is 22.5 Å². The molecule has 2 aromatic carbocycles. The van der Waals surface area contributed by atoms with Crippen LogP contribution in [-0.2, 0) is 16.2 Å². The van der Waals surface area contributed by atoms with Gasteiger partial charge in [0.1, 0.15) is 11.6 Å². The smallest absolute Gasteiger partial charge is 0.339 e. The normalized spacial score (nSPS) is 15.9. The number of halogens is 5. The van der Waals surface area contributed by atoms with Gasteiger partial charge in [-0.1, -0.05) is 17.3 Å². The van der Waals surface area contributed by atoms with E-state index in [0.29, 0.717) is 18.2 Å². The molecule has 1 saturated heterocycles. The van der Waals surface area contributed by atoms with E-state index in [1.54, 1.807) is 0 Å². The summed E-state index contributed by atoms with van der Waals surface area (Å²) < 4.78 is 96.2. The van der Waals surface area contributed by atoms with Crippen molar-refractivity contribution in [1.29, 1.82) is 0 Å². The van der Waals surface area contributed by atoms with Crippen molar-refractivity contribution in [2.75, 3.05) is 13.1 Å². The Kier molecular flexibility index (Phi) is 4.85. The fourth-order valence-corrected chi connectivity index (χ4v) is 4.54. The zero-order chi connectivity index (χ0) is 21.7. The molecule has 0 saturated carbocycles. The first kappa shape index (κ1) is 20.4. The van der Waals surface area contributed by atoms with Crippen molar-refractivity contribution in [2.24, 2.45) is 0 Å². The average Bonchev–Trinajstić information content (AvgIpc) is 3.08. The fourth-order valence-electron chi connectivity index (χ4n) is 2.97. The Morgan fingerprint density at radius 1 is 1.03 bits per heavy atom. The molecule has 0 amide bonds. The predicted octanol–water partition coefficient (Wildman–Crippen LogP) is 3.82. The predicted molar refractivity (Wildman–Crippen MR) is 92.6 cm³/mol. The maximum absolute atomic E-state index is 13.3. The number of benzene rings is 2. The van der Waals surface area contributed by atoms with E-state index in [-0.39, 0.29) is 30.4 Å². The molecule has 0 bridgehead atoms. The highest BCUT2D eigenvalue weighted by Crippen LogP contribution is 2.34. The third-order valence-electron chi connectivity index (χ3n) is 4.56. The lowest BCUT2D eigenvalue weighted by Gasteiger charge is -2.35. The van der Waals surface area contributed by atoms with Gasteiger partial charge in [-0.25, -0.2) is 17.2 Å². The highest BCUT2D eigenvalue weighted by atomic mass is 32.2. The Labute approximate surface area is 167 Å². The molecule has 6 nitrogen and oxygen atoms in total. The summed E-state index contributed by atoms with van der Waals surface area (Å²) in [7, 11) is -4.12. The lowest BCUT2D eigenvalue weighted by atomic mass is 10.0. The van der Waals surface area contributed by atoms with E-state index < -0.39 is 44.2 Å². The van der Waals surface area contributed by atoms with Crippen LogP contribution in [0, 0.1) is 11.6 Å². The summed E-state index contributed by atoms with van der Waals surface area (Å²) in [5, 5.41) is 3.66. The van der Waals surface area contributed by atoms with Crippen molar-refractivity contribution >= 4 is 10.0 Å². The molecule has 1 aliphatic rings. The number of sulfonamides is 1. The van der Waals surface area contributed by atoms with Crippen LogP contribution in [0.5, 0.6) is 0 Å². The van der Waals surface area contributed by atoms with Gasteiger partial charge >= 0.3 is 6.18 Å². The molecule has 0 N–H and O–H groups in total. The van der Waals surface area contributed by atoms with E-state index in [9.17, 15) is 30.4 Å². The van der Waals surface area contributed by atoms with Gasteiger partial charge in [-0.05, 0) is 24.3 Å². The zero-order valence-electron chi connectivity index (χ0n) is 14.9. The summed E-state index contributed by atoms with van der Waals surface area (Å²) in [5.41, 5.74) is -0.770. The largest absolute Gasteiger partial charge is 0.416 e. The molecule has 0 spiro atoms. The molecule has 1 aliphatic heterocycles. The number of nitrogens with zero attached hydrogens (tertiary/aromatic N) is 3. The van der Waals surface area contributed by atoms with Crippen LogP contribution in [0.3, 0.4) is 0 Å². The monoisotopic (exact) mass is 445 g/mol. The minimum Gasteiger partial charge on any atom is -0.339 e. The van der Waals surface area contributed by atoms with Crippen molar-refractivity contribution in [1.82, 2.24) is 14.4 Å². The number of alkyl halides is 3. The van der Waals surface area contributed by atoms with Crippen molar-refractivity contribution in [2.45, 2.75) is 17.0 Å². The van der Waals surface area contributed by atoms with Crippen molar-refractivity contribution < 1.29 is 34.9 Å². The molecule has 0 radical (unpaired) electrons. The lowest BCUT2D eigenvalue weighted by Crippen LogP contribution is -2.48. The molecule has 12 heteroatoms. The molecule has 1 aromatic heterocycles. The Morgan fingerprint density at radius 2 is 1.70 bits per heavy atom. The third-order valence-corrected chi connectivity index (χ3v) is 6.37. The van der Waals surface area contributed by atoms with Crippen molar-refractivity contribution in [3.8, 4) is 11.4 Å². The van der Waals surface area contributed by atoms with Gasteiger partial charge in [0.2, 0.25) is 21.7 Å². The summed E-state index contributed by atoms with van der Waals surface area (Å²) in [6, 6.07) is 6.38. The zero-order valence-corrected chi connectivity index (χ0v) is 15.7. The van der Waals surface area contributed by atoms with E-state index in [2.05, 4.69) is 10.1 Å². The summed E-state index contributed by atoms with van der Waals surface area (Å²) in [6.07, 6.45) is -4.53. The van der Waals surface area contributed by atoms with Crippen LogP contribution in [0.2, 0.25) is 0 Å². The van der Waals surface area contributed by atoms with Gasteiger partial charge in [-0.15, -0.1) is 0 Å². The van der Waals surface area contributed by atoms with E-state index in [1.165, 1.54) is 12.1 Å². The topological polar surface area (TPSA) is 76.3 Å².